The number of aliphatic hydroxyl groups is 1. The highest BCUT2D eigenvalue weighted by Crippen LogP contribution is 2.23. The first-order chi connectivity index (χ1) is 12.5. The van der Waals surface area contributed by atoms with E-state index in [9.17, 15) is 9.90 Å². The molecule has 0 aliphatic carbocycles. The van der Waals surface area contributed by atoms with Crippen LogP contribution in [0.2, 0.25) is 0 Å². The number of nitrogens with zero attached hydrogens (tertiary/aromatic N) is 5. The first kappa shape index (κ1) is 17.2. The molecule has 0 fully saturated rings. The van der Waals surface area contributed by atoms with Crippen LogP contribution in [0, 0.1) is 0 Å². The average molecular weight is 360 g/mol. The number of aromatic nitrogens is 4. The van der Waals surface area contributed by atoms with E-state index in [4.69, 9.17) is 4.74 Å². The Hall–Kier alpha value is -2.23. The van der Waals surface area contributed by atoms with E-state index in [-0.39, 0.29) is 5.91 Å². The summed E-state index contributed by atoms with van der Waals surface area (Å²) < 4.78 is 7.35. The van der Waals surface area contributed by atoms with Crippen molar-refractivity contribution < 1.29 is 14.6 Å². The van der Waals surface area contributed by atoms with Gasteiger partial charge >= 0.3 is 0 Å². The maximum Gasteiger partial charge on any atom is 0.275 e. The van der Waals surface area contributed by atoms with Gasteiger partial charge < -0.3 is 19.6 Å². The molecule has 0 aromatic carbocycles. The molecule has 4 heterocycles. The van der Waals surface area contributed by atoms with E-state index < -0.39 is 6.10 Å². The topological polar surface area (TPSA) is 99.5 Å². The number of aromatic amines is 1. The molecule has 1 unspecified atom stereocenters. The van der Waals surface area contributed by atoms with Crippen molar-refractivity contribution in [2.24, 2.45) is 0 Å². The van der Waals surface area contributed by atoms with Crippen molar-refractivity contribution >= 4 is 5.91 Å². The van der Waals surface area contributed by atoms with Crippen LogP contribution >= 0.6 is 0 Å². The lowest BCUT2D eigenvalue weighted by Crippen LogP contribution is -2.39. The van der Waals surface area contributed by atoms with Gasteiger partial charge in [0.2, 0.25) is 0 Å². The van der Waals surface area contributed by atoms with Crippen molar-refractivity contribution in [1.82, 2.24) is 29.8 Å². The van der Waals surface area contributed by atoms with Crippen LogP contribution in [-0.2, 0) is 30.9 Å². The zero-order valence-electron chi connectivity index (χ0n) is 15.1. The number of rotatable bonds is 4. The van der Waals surface area contributed by atoms with Crippen LogP contribution in [0.3, 0.4) is 0 Å². The quantitative estimate of drug-likeness (QED) is 0.792. The van der Waals surface area contributed by atoms with Gasteiger partial charge in [0.25, 0.3) is 5.91 Å². The Kier molecular flexibility index (Phi) is 4.51. The maximum atomic E-state index is 12.9. The second kappa shape index (κ2) is 6.82. The van der Waals surface area contributed by atoms with Crippen LogP contribution in [-0.4, -0.2) is 74.6 Å². The first-order valence-corrected chi connectivity index (χ1v) is 8.85. The fourth-order valence-electron chi connectivity index (χ4n) is 3.50. The average Bonchev–Trinajstić information content (AvgIpc) is 3.24. The zero-order valence-corrected chi connectivity index (χ0v) is 15.1. The van der Waals surface area contributed by atoms with Crippen molar-refractivity contribution in [2.45, 2.75) is 32.2 Å². The Morgan fingerprint density at radius 2 is 2.31 bits per heavy atom. The number of ether oxygens (including phenoxy) is 1. The van der Waals surface area contributed by atoms with Crippen molar-refractivity contribution in [3.63, 3.8) is 0 Å². The summed E-state index contributed by atoms with van der Waals surface area (Å²) in [6.45, 7) is 3.24. The molecule has 2 aromatic heterocycles. The Morgan fingerprint density at radius 1 is 1.46 bits per heavy atom. The Labute approximate surface area is 151 Å². The molecule has 1 atom stereocenters. The molecular weight excluding hydrogens is 336 g/mol. The van der Waals surface area contributed by atoms with Crippen LogP contribution in [0.25, 0.3) is 0 Å². The lowest BCUT2D eigenvalue weighted by molar-refractivity contribution is 0.0687. The highest BCUT2D eigenvalue weighted by atomic mass is 16.5. The fourth-order valence-corrected chi connectivity index (χ4v) is 3.50. The minimum absolute atomic E-state index is 0.0872. The normalized spacial score (nSPS) is 17.9. The largest absolute Gasteiger partial charge is 0.385 e. The van der Waals surface area contributed by atoms with Gasteiger partial charge in [-0.25, -0.2) is 0 Å². The van der Waals surface area contributed by atoms with Gasteiger partial charge in [-0.3, -0.25) is 14.6 Å². The van der Waals surface area contributed by atoms with Crippen LogP contribution in [0.15, 0.2) is 6.07 Å². The Morgan fingerprint density at radius 3 is 3.12 bits per heavy atom. The molecule has 26 heavy (non-hydrogen) atoms. The van der Waals surface area contributed by atoms with Crippen LogP contribution in [0.4, 0.5) is 0 Å². The van der Waals surface area contributed by atoms with Gasteiger partial charge in [0.1, 0.15) is 6.10 Å². The molecule has 2 aliphatic heterocycles. The summed E-state index contributed by atoms with van der Waals surface area (Å²) in [7, 11) is 3.82. The van der Waals surface area contributed by atoms with Crippen molar-refractivity contribution in [2.75, 3.05) is 33.8 Å². The van der Waals surface area contributed by atoms with E-state index in [1.54, 1.807) is 4.90 Å². The number of amides is 1. The van der Waals surface area contributed by atoms with Crippen LogP contribution in [0.5, 0.6) is 0 Å². The van der Waals surface area contributed by atoms with E-state index in [2.05, 4.69) is 15.3 Å². The molecule has 2 aliphatic rings. The molecule has 4 rings (SSSR count). The van der Waals surface area contributed by atoms with Gasteiger partial charge in [-0.15, -0.1) is 0 Å². The number of H-pyrrole nitrogens is 1. The Balaban J connectivity index is 1.50. The minimum Gasteiger partial charge on any atom is -0.385 e. The standard InChI is InChI=1S/C17H24N6O3/c1-21(2)9-15(24)14-7-11-8-22(4-5-23(11)20-14)17(25)16-12-10-26-6-3-13(12)18-19-16/h7,15,24H,3-6,8-10H2,1-2H3,(H,18,19). The number of fused-ring (bicyclic) bond motifs is 2. The number of hydrogen-bond acceptors (Lipinski definition) is 6. The van der Waals surface area contributed by atoms with E-state index in [1.165, 1.54) is 0 Å². The maximum absolute atomic E-state index is 12.9. The number of aliphatic hydroxyl groups excluding tert-OH is 1. The predicted octanol–water partition coefficient (Wildman–Crippen LogP) is -0.0701. The number of nitrogens with one attached hydrogen (secondary N) is 1. The van der Waals surface area contributed by atoms with Crippen LogP contribution < -0.4 is 0 Å². The van der Waals surface area contributed by atoms with Gasteiger partial charge in [-0.05, 0) is 20.2 Å². The minimum atomic E-state index is -0.636. The molecule has 0 spiro atoms. The van der Waals surface area contributed by atoms with E-state index in [0.29, 0.717) is 50.8 Å². The molecule has 2 N–H and O–H groups in total. The van der Waals surface area contributed by atoms with E-state index in [0.717, 1.165) is 23.4 Å². The van der Waals surface area contributed by atoms with Crippen molar-refractivity contribution in [3.05, 3.63) is 34.4 Å². The van der Waals surface area contributed by atoms with Crippen molar-refractivity contribution in [3.8, 4) is 0 Å². The number of carbonyl (C=O) groups excluding carboxylic acids is 1. The number of hydrogen-bond donors (Lipinski definition) is 2. The summed E-state index contributed by atoms with van der Waals surface area (Å²) in [5.41, 5.74) is 3.91. The zero-order chi connectivity index (χ0) is 18.3. The molecule has 1 amide bonds. The van der Waals surface area contributed by atoms with Gasteiger partial charge in [0, 0.05) is 30.8 Å². The molecular formula is C17H24N6O3. The predicted molar refractivity (Wildman–Crippen MR) is 92.4 cm³/mol. The highest BCUT2D eigenvalue weighted by molar-refractivity contribution is 5.94. The van der Waals surface area contributed by atoms with Gasteiger partial charge in [-0.2, -0.15) is 10.2 Å². The molecule has 0 saturated heterocycles. The molecule has 9 nitrogen and oxygen atoms in total. The van der Waals surface area contributed by atoms with E-state index in [1.807, 2.05) is 29.7 Å². The number of carbonyl (C=O) groups is 1. The van der Waals surface area contributed by atoms with Gasteiger partial charge in [0.15, 0.2) is 5.69 Å². The summed E-state index contributed by atoms with van der Waals surface area (Å²) in [6, 6.07) is 1.89. The van der Waals surface area contributed by atoms with Gasteiger partial charge in [-0.1, -0.05) is 0 Å². The lowest BCUT2D eigenvalue weighted by Gasteiger charge is -2.27. The molecule has 9 heteroatoms. The molecule has 0 saturated carbocycles. The summed E-state index contributed by atoms with van der Waals surface area (Å²) in [5.74, 6) is -0.0872. The summed E-state index contributed by atoms with van der Waals surface area (Å²) >= 11 is 0. The van der Waals surface area contributed by atoms with Crippen molar-refractivity contribution in [1.29, 1.82) is 0 Å². The third-order valence-corrected chi connectivity index (χ3v) is 4.88. The third-order valence-electron chi connectivity index (χ3n) is 4.88. The second-order valence-electron chi connectivity index (χ2n) is 7.12. The summed E-state index contributed by atoms with van der Waals surface area (Å²) in [4.78, 5) is 16.6. The lowest BCUT2D eigenvalue weighted by atomic mass is 10.1. The molecule has 2 aromatic rings. The first-order valence-electron chi connectivity index (χ1n) is 8.85. The number of likely N-dealkylation sites (N-methyl/N-ethyl adjacent to an activating group) is 1. The third kappa shape index (κ3) is 3.13. The Bertz CT molecular complexity index is 812. The monoisotopic (exact) mass is 360 g/mol. The smallest absolute Gasteiger partial charge is 0.275 e. The van der Waals surface area contributed by atoms with Crippen LogP contribution in [0.1, 0.15) is 39.2 Å². The molecule has 0 radical (unpaired) electrons. The molecule has 140 valence electrons. The summed E-state index contributed by atoms with van der Waals surface area (Å²) in [5, 5.41) is 22.0. The SMILES string of the molecule is CN(C)CC(O)c1cc2n(n1)CCN(C(=O)c1n[nH]c3c1COCC3)C2. The summed E-state index contributed by atoms with van der Waals surface area (Å²) in [6.07, 6.45) is 0.123. The second-order valence-corrected chi connectivity index (χ2v) is 7.12. The van der Waals surface area contributed by atoms with Gasteiger partial charge in [0.05, 0.1) is 37.7 Å². The molecule has 0 bridgehead atoms. The van der Waals surface area contributed by atoms with E-state index >= 15 is 0 Å². The fraction of sp³-hybridized carbons (Fsp3) is 0.588. The highest BCUT2D eigenvalue weighted by Gasteiger charge is 2.29.